The number of hydrogen-bond acceptors (Lipinski definition) is 5. The summed E-state index contributed by atoms with van der Waals surface area (Å²) in [5.41, 5.74) is 6.70. The van der Waals surface area contributed by atoms with E-state index in [-0.39, 0.29) is 24.2 Å². The maximum Gasteiger partial charge on any atom is 0.269 e. The van der Waals surface area contributed by atoms with Crippen LogP contribution < -0.4 is 5.73 Å². The Hall–Kier alpha value is -1.99. The molecule has 2 N–H and O–H groups in total. The molecule has 1 aliphatic rings. The van der Waals surface area contributed by atoms with Gasteiger partial charge in [0.05, 0.1) is 11.5 Å². The molecule has 0 heterocycles. The zero-order valence-electron chi connectivity index (χ0n) is 11.9. The third-order valence-electron chi connectivity index (χ3n) is 3.43. The predicted octanol–water partition coefficient (Wildman–Crippen LogP) is 1.06. The normalized spacial score (nSPS) is 15.5. The topological polar surface area (TPSA) is 98.7 Å². The van der Waals surface area contributed by atoms with Gasteiger partial charge in [-0.3, -0.25) is 14.9 Å². The summed E-state index contributed by atoms with van der Waals surface area (Å²) in [4.78, 5) is 24.2. The van der Waals surface area contributed by atoms with E-state index in [4.69, 9.17) is 10.5 Å². The van der Waals surface area contributed by atoms with Crippen LogP contribution in [-0.2, 0) is 16.1 Å². The van der Waals surface area contributed by atoms with E-state index >= 15 is 0 Å². The number of nitro benzene ring substituents is 1. The third-order valence-corrected chi connectivity index (χ3v) is 3.43. The second kappa shape index (κ2) is 6.64. The van der Waals surface area contributed by atoms with Crippen LogP contribution in [0.15, 0.2) is 24.3 Å². The number of hydrogen-bond donors (Lipinski definition) is 1. The Morgan fingerprint density at radius 3 is 2.57 bits per heavy atom. The molecule has 1 unspecified atom stereocenters. The van der Waals surface area contributed by atoms with Gasteiger partial charge in [0, 0.05) is 31.8 Å². The van der Waals surface area contributed by atoms with Gasteiger partial charge in [-0.2, -0.15) is 0 Å². The lowest BCUT2D eigenvalue weighted by Gasteiger charge is -2.25. The van der Waals surface area contributed by atoms with Crippen molar-refractivity contribution >= 4 is 11.6 Å². The number of nitro groups is 1. The molecular weight excluding hydrogens is 274 g/mol. The molecule has 7 heteroatoms. The van der Waals surface area contributed by atoms with E-state index in [0.29, 0.717) is 6.54 Å². The molecule has 0 radical (unpaired) electrons. The van der Waals surface area contributed by atoms with Crippen molar-refractivity contribution in [3.63, 3.8) is 0 Å². The molecule has 114 valence electrons. The van der Waals surface area contributed by atoms with Crippen LogP contribution in [0.25, 0.3) is 0 Å². The highest BCUT2D eigenvalue weighted by molar-refractivity contribution is 5.82. The zero-order chi connectivity index (χ0) is 15.4. The van der Waals surface area contributed by atoms with Crippen LogP contribution in [0.3, 0.4) is 0 Å². The Morgan fingerprint density at radius 1 is 1.48 bits per heavy atom. The second-order valence-electron chi connectivity index (χ2n) is 5.18. The van der Waals surface area contributed by atoms with Crippen LogP contribution in [-0.4, -0.2) is 41.5 Å². The number of carbonyl (C=O) groups is 1. The summed E-state index contributed by atoms with van der Waals surface area (Å²) in [6.07, 6.45) is 1.94. The predicted molar refractivity (Wildman–Crippen MR) is 76.5 cm³/mol. The van der Waals surface area contributed by atoms with Gasteiger partial charge in [0.2, 0.25) is 5.91 Å². The van der Waals surface area contributed by atoms with Crippen LogP contribution in [0.2, 0.25) is 0 Å². The lowest BCUT2D eigenvalue weighted by atomic mass is 10.1. The number of rotatable bonds is 7. The lowest BCUT2D eigenvalue weighted by molar-refractivity contribution is -0.384. The molecule has 1 aromatic carbocycles. The molecule has 1 atom stereocenters. The van der Waals surface area contributed by atoms with Crippen molar-refractivity contribution < 1.29 is 14.5 Å². The van der Waals surface area contributed by atoms with Crippen LogP contribution in [0.1, 0.15) is 18.4 Å². The number of non-ortho nitro benzene ring substituents is 1. The molecule has 21 heavy (non-hydrogen) atoms. The van der Waals surface area contributed by atoms with Crippen LogP contribution in [0.5, 0.6) is 0 Å². The molecule has 1 fully saturated rings. The molecule has 7 nitrogen and oxygen atoms in total. The molecule has 2 rings (SSSR count). The first-order chi connectivity index (χ1) is 10.0. The standard InChI is InChI=1S/C14H19N3O4/c1-21-9-13(15)14(18)16(11-6-7-11)8-10-2-4-12(5-3-10)17(19)20/h2-5,11,13H,6-9,15H2,1H3. The van der Waals surface area contributed by atoms with Crippen molar-refractivity contribution in [3.05, 3.63) is 39.9 Å². The van der Waals surface area contributed by atoms with E-state index in [1.54, 1.807) is 17.0 Å². The summed E-state index contributed by atoms with van der Waals surface area (Å²) in [7, 11) is 1.50. The largest absolute Gasteiger partial charge is 0.383 e. The summed E-state index contributed by atoms with van der Waals surface area (Å²) in [5.74, 6) is -0.141. The molecule has 0 saturated heterocycles. The Morgan fingerprint density at radius 2 is 2.10 bits per heavy atom. The smallest absolute Gasteiger partial charge is 0.269 e. The minimum atomic E-state index is -0.673. The minimum Gasteiger partial charge on any atom is -0.383 e. The first kappa shape index (κ1) is 15.4. The Bertz CT molecular complexity index is 513. The second-order valence-corrected chi connectivity index (χ2v) is 5.18. The van der Waals surface area contributed by atoms with Gasteiger partial charge < -0.3 is 15.4 Å². The minimum absolute atomic E-state index is 0.0409. The number of carbonyl (C=O) groups excluding carboxylic acids is 1. The number of amides is 1. The first-order valence-electron chi connectivity index (χ1n) is 6.81. The Labute approximate surface area is 122 Å². The summed E-state index contributed by atoms with van der Waals surface area (Å²) in [6.45, 7) is 0.598. The van der Waals surface area contributed by atoms with E-state index in [0.717, 1.165) is 18.4 Å². The maximum absolute atomic E-state index is 12.3. The average molecular weight is 293 g/mol. The fourth-order valence-corrected chi connectivity index (χ4v) is 2.16. The highest BCUT2D eigenvalue weighted by Gasteiger charge is 2.34. The summed E-state index contributed by atoms with van der Waals surface area (Å²) in [6, 6.07) is 5.77. The van der Waals surface area contributed by atoms with Gasteiger partial charge in [-0.1, -0.05) is 12.1 Å². The summed E-state index contributed by atoms with van der Waals surface area (Å²) < 4.78 is 4.92. The molecular formula is C14H19N3O4. The molecule has 1 aromatic rings. The van der Waals surface area contributed by atoms with Crippen molar-refractivity contribution in [2.45, 2.75) is 31.5 Å². The summed E-state index contributed by atoms with van der Waals surface area (Å²) in [5, 5.41) is 10.6. The summed E-state index contributed by atoms with van der Waals surface area (Å²) >= 11 is 0. The van der Waals surface area contributed by atoms with E-state index < -0.39 is 11.0 Å². The molecule has 0 aliphatic heterocycles. The monoisotopic (exact) mass is 293 g/mol. The SMILES string of the molecule is COCC(N)C(=O)N(Cc1ccc([N+](=O)[O-])cc1)C1CC1. The van der Waals surface area contributed by atoms with Crippen molar-refractivity contribution in [1.82, 2.24) is 4.90 Å². The van der Waals surface area contributed by atoms with Gasteiger partial charge in [0.1, 0.15) is 6.04 Å². The van der Waals surface area contributed by atoms with E-state index in [9.17, 15) is 14.9 Å². The van der Waals surface area contributed by atoms with Crippen molar-refractivity contribution in [2.24, 2.45) is 5.73 Å². The van der Waals surface area contributed by atoms with Crippen molar-refractivity contribution in [1.29, 1.82) is 0 Å². The fourth-order valence-electron chi connectivity index (χ4n) is 2.16. The van der Waals surface area contributed by atoms with E-state index in [2.05, 4.69) is 0 Å². The van der Waals surface area contributed by atoms with Crippen molar-refractivity contribution in [2.75, 3.05) is 13.7 Å². The number of nitrogens with two attached hydrogens (primary N) is 1. The van der Waals surface area contributed by atoms with Crippen LogP contribution >= 0.6 is 0 Å². The van der Waals surface area contributed by atoms with Gasteiger partial charge in [0.25, 0.3) is 5.69 Å². The van der Waals surface area contributed by atoms with Crippen molar-refractivity contribution in [3.8, 4) is 0 Å². The molecule has 0 aromatic heterocycles. The maximum atomic E-state index is 12.3. The molecule has 1 aliphatic carbocycles. The third kappa shape index (κ3) is 3.99. The van der Waals surface area contributed by atoms with Gasteiger partial charge in [-0.15, -0.1) is 0 Å². The molecule has 0 spiro atoms. The van der Waals surface area contributed by atoms with E-state index in [1.807, 2.05) is 0 Å². The molecule has 1 amide bonds. The number of ether oxygens (including phenoxy) is 1. The zero-order valence-corrected chi connectivity index (χ0v) is 11.9. The van der Waals surface area contributed by atoms with Crippen LogP contribution in [0.4, 0.5) is 5.69 Å². The lowest BCUT2D eigenvalue weighted by Crippen LogP contribution is -2.46. The number of benzene rings is 1. The van der Waals surface area contributed by atoms with Gasteiger partial charge in [-0.05, 0) is 18.4 Å². The van der Waals surface area contributed by atoms with E-state index in [1.165, 1.54) is 19.2 Å². The number of nitrogens with zero attached hydrogens (tertiary/aromatic N) is 2. The van der Waals surface area contributed by atoms with Gasteiger partial charge in [-0.25, -0.2) is 0 Å². The van der Waals surface area contributed by atoms with Gasteiger partial charge >= 0.3 is 0 Å². The fraction of sp³-hybridized carbons (Fsp3) is 0.500. The number of methoxy groups -OCH3 is 1. The molecule has 1 saturated carbocycles. The Kier molecular flexibility index (Phi) is 4.87. The highest BCUT2D eigenvalue weighted by Crippen LogP contribution is 2.29. The average Bonchev–Trinajstić information content (AvgIpc) is 3.29. The van der Waals surface area contributed by atoms with Crippen LogP contribution in [0, 0.1) is 10.1 Å². The first-order valence-corrected chi connectivity index (χ1v) is 6.81. The molecule has 0 bridgehead atoms. The quantitative estimate of drug-likeness (QED) is 0.598. The van der Waals surface area contributed by atoms with Gasteiger partial charge in [0.15, 0.2) is 0 Å². The Balaban J connectivity index is 2.06. The highest BCUT2D eigenvalue weighted by atomic mass is 16.6.